The molecule has 18 heavy (non-hydrogen) atoms. The highest BCUT2D eigenvalue weighted by atomic mass is 16.5. The van der Waals surface area contributed by atoms with E-state index in [1.165, 1.54) is 39.2 Å². The molecule has 1 aliphatic heterocycles. The van der Waals surface area contributed by atoms with Crippen LogP contribution in [0, 0.1) is 5.92 Å². The van der Waals surface area contributed by atoms with Crippen LogP contribution in [0.3, 0.4) is 0 Å². The van der Waals surface area contributed by atoms with E-state index in [1.807, 2.05) is 0 Å². The van der Waals surface area contributed by atoms with Gasteiger partial charge in [-0.2, -0.15) is 0 Å². The molecule has 4 nitrogen and oxygen atoms in total. The normalized spacial score (nSPS) is 24.7. The predicted molar refractivity (Wildman–Crippen MR) is 69.4 cm³/mol. The molecule has 0 bridgehead atoms. The Balaban J connectivity index is 1.92. The van der Waals surface area contributed by atoms with Crippen LogP contribution in [0.15, 0.2) is 0 Å². The molecule has 1 unspecified atom stereocenters. The summed E-state index contributed by atoms with van der Waals surface area (Å²) >= 11 is 0. The molecule has 1 heterocycles. The zero-order valence-electron chi connectivity index (χ0n) is 11.3. The van der Waals surface area contributed by atoms with E-state index < -0.39 is 0 Å². The largest absolute Gasteiger partial charge is 0.468 e. The SMILES string of the molecule is COC(=O)C(NC1CCCCC1)C1CCOCC1. The first-order valence-electron chi connectivity index (χ1n) is 7.23. The molecule has 1 saturated carbocycles. The summed E-state index contributed by atoms with van der Waals surface area (Å²) in [4.78, 5) is 12.0. The van der Waals surface area contributed by atoms with E-state index in [9.17, 15) is 4.79 Å². The molecule has 0 spiro atoms. The summed E-state index contributed by atoms with van der Waals surface area (Å²) in [6.45, 7) is 1.54. The number of nitrogens with one attached hydrogen (secondary N) is 1. The van der Waals surface area contributed by atoms with E-state index >= 15 is 0 Å². The molecule has 0 radical (unpaired) electrons. The molecular weight excluding hydrogens is 230 g/mol. The number of esters is 1. The average Bonchev–Trinajstić information content (AvgIpc) is 2.46. The fraction of sp³-hybridized carbons (Fsp3) is 0.929. The topological polar surface area (TPSA) is 47.6 Å². The average molecular weight is 255 g/mol. The van der Waals surface area contributed by atoms with Crippen LogP contribution >= 0.6 is 0 Å². The van der Waals surface area contributed by atoms with E-state index in [-0.39, 0.29) is 12.0 Å². The molecular formula is C14H25NO3. The van der Waals surface area contributed by atoms with Gasteiger partial charge in [0, 0.05) is 19.3 Å². The maximum atomic E-state index is 12.0. The lowest BCUT2D eigenvalue weighted by Gasteiger charge is -2.33. The lowest BCUT2D eigenvalue weighted by Crippen LogP contribution is -2.50. The highest BCUT2D eigenvalue weighted by molar-refractivity contribution is 5.76. The maximum absolute atomic E-state index is 12.0. The zero-order chi connectivity index (χ0) is 12.8. The van der Waals surface area contributed by atoms with Crippen LogP contribution in [-0.4, -0.2) is 38.4 Å². The van der Waals surface area contributed by atoms with E-state index in [0.717, 1.165) is 26.1 Å². The molecule has 1 saturated heterocycles. The molecule has 104 valence electrons. The van der Waals surface area contributed by atoms with Crippen molar-refractivity contribution in [1.29, 1.82) is 0 Å². The summed E-state index contributed by atoms with van der Waals surface area (Å²) in [5.74, 6) is 0.264. The van der Waals surface area contributed by atoms with Gasteiger partial charge in [-0.1, -0.05) is 19.3 Å². The Morgan fingerprint density at radius 1 is 1.17 bits per heavy atom. The van der Waals surface area contributed by atoms with Crippen LogP contribution in [0.25, 0.3) is 0 Å². The third kappa shape index (κ3) is 3.69. The first-order chi connectivity index (χ1) is 8.81. The minimum Gasteiger partial charge on any atom is -0.468 e. The van der Waals surface area contributed by atoms with Crippen LogP contribution in [0.1, 0.15) is 44.9 Å². The van der Waals surface area contributed by atoms with Crippen molar-refractivity contribution in [2.75, 3.05) is 20.3 Å². The Labute approximate surface area is 109 Å². The lowest BCUT2D eigenvalue weighted by molar-refractivity contribution is -0.146. The molecule has 0 aromatic rings. The molecule has 0 amide bonds. The number of carbonyl (C=O) groups excluding carboxylic acids is 1. The van der Waals surface area contributed by atoms with Gasteiger partial charge in [0.15, 0.2) is 0 Å². The third-order valence-electron chi connectivity index (χ3n) is 4.21. The van der Waals surface area contributed by atoms with E-state index in [0.29, 0.717) is 12.0 Å². The van der Waals surface area contributed by atoms with Crippen LogP contribution in [0.4, 0.5) is 0 Å². The highest BCUT2D eigenvalue weighted by Gasteiger charge is 2.32. The summed E-state index contributed by atoms with van der Waals surface area (Å²) in [5, 5.41) is 3.55. The van der Waals surface area contributed by atoms with Crippen molar-refractivity contribution in [3.63, 3.8) is 0 Å². The first kappa shape index (κ1) is 13.8. The van der Waals surface area contributed by atoms with E-state index in [2.05, 4.69) is 5.32 Å². The van der Waals surface area contributed by atoms with Crippen LogP contribution < -0.4 is 5.32 Å². The van der Waals surface area contributed by atoms with Gasteiger partial charge >= 0.3 is 5.97 Å². The third-order valence-corrected chi connectivity index (χ3v) is 4.21. The van der Waals surface area contributed by atoms with Crippen molar-refractivity contribution in [2.45, 2.75) is 57.0 Å². The number of carbonyl (C=O) groups is 1. The Morgan fingerprint density at radius 3 is 2.44 bits per heavy atom. The Kier molecular flexibility index (Phi) is 5.45. The van der Waals surface area contributed by atoms with Crippen molar-refractivity contribution < 1.29 is 14.3 Å². The number of rotatable bonds is 4. The summed E-state index contributed by atoms with van der Waals surface area (Å²) in [6, 6.07) is 0.354. The van der Waals surface area contributed by atoms with Gasteiger partial charge in [-0.05, 0) is 31.6 Å². The van der Waals surface area contributed by atoms with Crippen LogP contribution in [0.2, 0.25) is 0 Å². The van der Waals surface area contributed by atoms with Crippen LogP contribution in [0.5, 0.6) is 0 Å². The predicted octanol–water partition coefficient (Wildman–Crippen LogP) is 1.88. The molecule has 1 atom stereocenters. The Morgan fingerprint density at radius 2 is 1.83 bits per heavy atom. The summed E-state index contributed by atoms with van der Waals surface area (Å²) in [6.07, 6.45) is 8.18. The smallest absolute Gasteiger partial charge is 0.323 e. The second-order valence-electron chi connectivity index (χ2n) is 5.45. The fourth-order valence-electron chi connectivity index (χ4n) is 3.10. The monoisotopic (exact) mass is 255 g/mol. The second-order valence-corrected chi connectivity index (χ2v) is 5.45. The van der Waals surface area contributed by atoms with Gasteiger partial charge < -0.3 is 14.8 Å². The molecule has 2 aliphatic rings. The minimum atomic E-state index is -0.137. The standard InChI is InChI=1S/C14H25NO3/c1-17-14(16)13(11-7-9-18-10-8-11)15-12-5-3-2-4-6-12/h11-13,15H,2-10H2,1H3. The van der Waals surface area contributed by atoms with E-state index in [4.69, 9.17) is 9.47 Å². The Bertz CT molecular complexity index is 258. The van der Waals surface area contributed by atoms with Gasteiger partial charge in [0.1, 0.15) is 6.04 Å². The molecule has 0 aromatic heterocycles. The molecule has 1 N–H and O–H groups in total. The van der Waals surface area contributed by atoms with Gasteiger partial charge in [0.05, 0.1) is 7.11 Å². The van der Waals surface area contributed by atoms with Crippen molar-refractivity contribution >= 4 is 5.97 Å². The van der Waals surface area contributed by atoms with Gasteiger partial charge in [-0.3, -0.25) is 4.79 Å². The molecule has 1 aliphatic carbocycles. The molecule has 2 rings (SSSR count). The van der Waals surface area contributed by atoms with E-state index in [1.54, 1.807) is 0 Å². The summed E-state index contributed by atoms with van der Waals surface area (Å²) in [7, 11) is 1.48. The quantitative estimate of drug-likeness (QED) is 0.779. The van der Waals surface area contributed by atoms with Crippen molar-refractivity contribution in [3.8, 4) is 0 Å². The van der Waals surface area contributed by atoms with Crippen molar-refractivity contribution in [2.24, 2.45) is 5.92 Å². The zero-order valence-corrected chi connectivity index (χ0v) is 11.3. The number of hydrogen-bond donors (Lipinski definition) is 1. The number of methoxy groups -OCH3 is 1. The first-order valence-corrected chi connectivity index (χ1v) is 7.23. The lowest BCUT2D eigenvalue weighted by atomic mass is 9.89. The molecule has 2 fully saturated rings. The molecule has 4 heteroatoms. The second kappa shape index (κ2) is 7.10. The number of ether oxygens (including phenoxy) is 2. The Hall–Kier alpha value is -0.610. The highest BCUT2D eigenvalue weighted by Crippen LogP contribution is 2.23. The minimum absolute atomic E-state index is 0.104. The van der Waals surface area contributed by atoms with Gasteiger partial charge in [-0.15, -0.1) is 0 Å². The fourth-order valence-corrected chi connectivity index (χ4v) is 3.10. The summed E-state index contributed by atoms with van der Waals surface area (Å²) in [5.41, 5.74) is 0. The summed E-state index contributed by atoms with van der Waals surface area (Å²) < 4.78 is 10.3. The van der Waals surface area contributed by atoms with Gasteiger partial charge in [-0.25, -0.2) is 0 Å². The number of hydrogen-bond acceptors (Lipinski definition) is 4. The van der Waals surface area contributed by atoms with Crippen molar-refractivity contribution in [1.82, 2.24) is 5.32 Å². The van der Waals surface area contributed by atoms with Crippen molar-refractivity contribution in [3.05, 3.63) is 0 Å². The molecule has 0 aromatic carbocycles. The van der Waals surface area contributed by atoms with Crippen LogP contribution in [-0.2, 0) is 14.3 Å². The van der Waals surface area contributed by atoms with Gasteiger partial charge in [0.25, 0.3) is 0 Å². The maximum Gasteiger partial charge on any atom is 0.323 e. The van der Waals surface area contributed by atoms with Gasteiger partial charge in [0.2, 0.25) is 0 Å².